The molecule has 5 nitrogen and oxygen atoms in total. The number of hydrogen-bond acceptors (Lipinski definition) is 5. The van der Waals surface area contributed by atoms with Crippen molar-refractivity contribution in [2.45, 2.75) is 0 Å². The normalized spacial score (nSPS) is 10.7. The van der Waals surface area contributed by atoms with E-state index < -0.39 is 5.97 Å². The summed E-state index contributed by atoms with van der Waals surface area (Å²) in [6.45, 7) is 0. The molecule has 0 radical (unpaired) electrons. The molecule has 0 saturated carbocycles. The van der Waals surface area contributed by atoms with E-state index in [1.165, 1.54) is 32.4 Å². The highest BCUT2D eigenvalue weighted by atomic mass is 35.5. The van der Waals surface area contributed by atoms with Gasteiger partial charge in [0.15, 0.2) is 5.78 Å². The van der Waals surface area contributed by atoms with Gasteiger partial charge in [0.05, 0.1) is 14.2 Å². The fraction of sp³-hybridized carbons (Fsp3) is 0.0833. The first kappa shape index (κ1) is 22.4. The molecule has 3 rings (SSSR count). The molecule has 0 aromatic heterocycles. The third kappa shape index (κ3) is 5.45. The van der Waals surface area contributed by atoms with Crippen molar-refractivity contribution in [3.8, 4) is 17.2 Å². The van der Waals surface area contributed by atoms with Crippen LogP contribution in [0.4, 0.5) is 0 Å². The van der Waals surface area contributed by atoms with Crippen molar-refractivity contribution < 1.29 is 23.8 Å². The molecule has 0 N–H and O–H groups in total. The van der Waals surface area contributed by atoms with Crippen molar-refractivity contribution in [1.82, 2.24) is 0 Å². The van der Waals surface area contributed by atoms with Crippen LogP contribution in [0.5, 0.6) is 17.2 Å². The van der Waals surface area contributed by atoms with Gasteiger partial charge in [0.25, 0.3) is 0 Å². The van der Waals surface area contributed by atoms with Crippen LogP contribution in [-0.2, 0) is 0 Å². The molecule has 31 heavy (non-hydrogen) atoms. The zero-order valence-electron chi connectivity index (χ0n) is 16.7. The molecule has 0 aliphatic heterocycles. The monoisotopic (exact) mass is 456 g/mol. The Balaban J connectivity index is 1.72. The van der Waals surface area contributed by atoms with Crippen LogP contribution in [0.2, 0.25) is 10.0 Å². The second-order valence-electron chi connectivity index (χ2n) is 6.31. The molecule has 7 heteroatoms. The lowest BCUT2D eigenvalue weighted by atomic mass is 10.1. The van der Waals surface area contributed by atoms with Gasteiger partial charge in [-0.25, -0.2) is 4.79 Å². The molecule has 0 unspecified atom stereocenters. The van der Waals surface area contributed by atoms with Crippen LogP contribution in [0.3, 0.4) is 0 Å². The lowest BCUT2D eigenvalue weighted by Gasteiger charge is -2.12. The number of ketones is 1. The molecule has 0 atom stereocenters. The standard InChI is InChI=1S/C24H18Cl2O5/c1-29-21-4-3-5-22(30-2)23(21)24(28)31-18-11-7-16(8-12-18)20(27)13-9-15-6-10-17(25)14-19(15)26/h3-14H,1-2H3. The third-order valence-electron chi connectivity index (χ3n) is 4.36. The van der Waals surface area contributed by atoms with Gasteiger partial charge in [-0.3, -0.25) is 4.79 Å². The minimum atomic E-state index is -0.634. The number of hydrogen-bond donors (Lipinski definition) is 0. The summed E-state index contributed by atoms with van der Waals surface area (Å²) in [6, 6.07) is 16.2. The summed E-state index contributed by atoms with van der Waals surface area (Å²) in [7, 11) is 2.91. The smallest absolute Gasteiger partial charge is 0.351 e. The Kier molecular flexibility index (Phi) is 7.34. The summed E-state index contributed by atoms with van der Waals surface area (Å²) in [5.41, 5.74) is 1.28. The van der Waals surface area contributed by atoms with Gasteiger partial charge in [-0.15, -0.1) is 0 Å². The molecule has 0 amide bonds. The first-order valence-electron chi connectivity index (χ1n) is 9.13. The van der Waals surface area contributed by atoms with E-state index in [0.717, 1.165) is 0 Å². The summed E-state index contributed by atoms with van der Waals surface area (Å²) in [5.74, 6) is 0.0875. The highest BCUT2D eigenvalue weighted by Gasteiger charge is 2.20. The number of rotatable bonds is 7. The second kappa shape index (κ2) is 10.2. The van der Waals surface area contributed by atoms with Gasteiger partial charge in [-0.1, -0.05) is 35.3 Å². The van der Waals surface area contributed by atoms with Crippen LogP contribution in [0.15, 0.2) is 66.7 Å². The van der Waals surface area contributed by atoms with E-state index in [1.807, 2.05) is 0 Å². The van der Waals surface area contributed by atoms with Gasteiger partial charge in [-0.2, -0.15) is 0 Å². The lowest BCUT2D eigenvalue weighted by Crippen LogP contribution is -2.12. The molecule has 3 aromatic rings. The van der Waals surface area contributed by atoms with Gasteiger partial charge < -0.3 is 14.2 Å². The summed E-state index contributed by atoms with van der Waals surface area (Å²) in [6.07, 6.45) is 3.03. The van der Waals surface area contributed by atoms with Gasteiger partial charge in [0, 0.05) is 15.6 Å². The van der Waals surface area contributed by atoms with E-state index in [9.17, 15) is 9.59 Å². The van der Waals surface area contributed by atoms with Crippen molar-refractivity contribution in [1.29, 1.82) is 0 Å². The maximum atomic E-state index is 12.6. The van der Waals surface area contributed by atoms with Crippen molar-refractivity contribution in [2.75, 3.05) is 14.2 Å². The third-order valence-corrected chi connectivity index (χ3v) is 4.92. The Morgan fingerprint density at radius 1 is 0.871 bits per heavy atom. The Bertz CT molecular complexity index is 1110. The number of halogens is 2. The molecule has 0 saturated heterocycles. The molecule has 0 bridgehead atoms. The van der Waals surface area contributed by atoms with Gasteiger partial charge >= 0.3 is 5.97 Å². The maximum Gasteiger partial charge on any atom is 0.351 e. The Labute approximate surface area is 189 Å². The zero-order valence-corrected chi connectivity index (χ0v) is 18.2. The number of carbonyl (C=O) groups is 2. The summed E-state index contributed by atoms with van der Waals surface area (Å²) in [4.78, 5) is 25.0. The van der Waals surface area contributed by atoms with Crippen LogP contribution in [0, 0.1) is 0 Å². The Morgan fingerprint density at radius 2 is 1.52 bits per heavy atom. The SMILES string of the molecule is COc1cccc(OC)c1C(=O)Oc1ccc(C(=O)C=Cc2ccc(Cl)cc2Cl)cc1. The number of methoxy groups -OCH3 is 2. The topological polar surface area (TPSA) is 61.8 Å². The number of allylic oxidation sites excluding steroid dienone is 1. The second-order valence-corrected chi connectivity index (χ2v) is 7.16. The van der Waals surface area contributed by atoms with Crippen LogP contribution in [-0.4, -0.2) is 26.0 Å². The average molecular weight is 457 g/mol. The van der Waals surface area contributed by atoms with Crippen LogP contribution in [0.25, 0.3) is 6.08 Å². The van der Waals surface area contributed by atoms with E-state index in [4.69, 9.17) is 37.4 Å². The van der Waals surface area contributed by atoms with E-state index in [2.05, 4.69) is 0 Å². The van der Waals surface area contributed by atoms with Crippen molar-refractivity contribution in [2.24, 2.45) is 0 Å². The molecular formula is C24H18Cl2O5. The fourth-order valence-corrected chi connectivity index (χ4v) is 3.27. The summed E-state index contributed by atoms with van der Waals surface area (Å²) < 4.78 is 15.9. The maximum absolute atomic E-state index is 12.6. The lowest BCUT2D eigenvalue weighted by molar-refractivity contribution is 0.0727. The predicted molar refractivity (Wildman–Crippen MR) is 121 cm³/mol. The van der Waals surface area contributed by atoms with E-state index >= 15 is 0 Å². The molecule has 3 aromatic carbocycles. The molecule has 0 heterocycles. The van der Waals surface area contributed by atoms with Gasteiger partial charge in [0.2, 0.25) is 0 Å². The minimum absolute atomic E-state index is 0.176. The van der Waals surface area contributed by atoms with Crippen LogP contribution < -0.4 is 14.2 Å². The highest BCUT2D eigenvalue weighted by molar-refractivity contribution is 6.35. The quantitative estimate of drug-likeness (QED) is 0.185. The van der Waals surface area contributed by atoms with Gasteiger partial charge in [-0.05, 0) is 66.2 Å². The first-order valence-corrected chi connectivity index (χ1v) is 9.89. The molecule has 0 fully saturated rings. The number of esters is 1. The van der Waals surface area contributed by atoms with E-state index in [-0.39, 0.29) is 17.1 Å². The first-order chi connectivity index (χ1) is 14.9. The molecule has 0 aliphatic rings. The molecular weight excluding hydrogens is 439 g/mol. The molecule has 0 spiro atoms. The zero-order chi connectivity index (χ0) is 22.4. The summed E-state index contributed by atoms with van der Waals surface area (Å²) >= 11 is 12.0. The van der Waals surface area contributed by atoms with Crippen LogP contribution >= 0.6 is 23.2 Å². The predicted octanol–water partition coefficient (Wildman–Crippen LogP) is 6.13. The summed E-state index contributed by atoms with van der Waals surface area (Å²) in [5, 5.41) is 0.968. The minimum Gasteiger partial charge on any atom is -0.496 e. The van der Waals surface area contributed by atoms with E-state index in [0.29, 0.717) is 32.7 Å². The average Bonchev–Trinajstić information content (AvgIpc) is 2.78. The number of benzene rings is 3. The van der Waals surface area contributed by atoms with Crippen LogP contribution in [0.1, 0.15) is 26.3 Å². The van der Waals surface area contributed by atoms with Crippen molar-refractivity contribution >= 4 is 41.0 Å². The number of ether oxygens (including phenoxy) is 3. The van der Waals surface area contributed by atoms with Crippen molar-refractivity contribution in [3.05, 3.63) is 93.5 Å². The van der Waals surface area contributed by atoms with Gasteiger partial charge in [0.1, 0.15) is 22.8 Å². The van der Waals surface area contributed by atoms with E-state index in [1.54, 1.807) is 54.6 Å². The Hall–Kier alpha value is -3.28. The number of carbonyl (C=O) groups excluding carboxylic acids is 2. The fourth-order valence-electron chi connectivity index (χ4n) is 2.80. The molecule has 0 aliphatic carbocycles. The Morgan fingerprint density at radius 3 is 2.10 bits per heavy atom. The largest absolute Gasteiger partial charge is 0.496 e. The van der Waals surface area contributed by atoms with Crippen molar-refractivity contribution in [3.63, 3.8) is 0 Å². The highest BCUT2D eigenvalue weighted by Crippen LogP contribution is 2.29. The molecule has 158 valence electrons.